The Kier molecular flexibility index (Phi) is 6.06. The summed E-state index contributed by atoms with van der Waals surface area (Å²) in [5.41, 5.74) is 0.272. The van der Waals surface area contributed by atoms with Crippen molar-refractivity contribution in [2.45, 2.75) is 68.7 Å². The molecule has 3 heterocycles. The Bertz CT molecular complexity index is 840. The van der Waals surface area contributed by atoms with Crippen LogP contribution in [-0.4, -0.2) is 33.7 Å². The molecule has 0 amide bonds. The van der Waals surface area contributed by atoms with Crippen LogP contribution in [0.5, 0.6) is 0 Å². The molecule has 1 aliphatic heterocycles. The molecule has 162 valence electrons. The highest BCUT2D eigenvalue weighted by Gasteiger charge is 2.48. The Labute approximate surface area is 174 Å². The Morgan fingerprint density at radius 3 is 2.67 bits per heavy atom. The summed E-state index contributed by atoms with van der Waals surface area (Å²) >= 11 is 0. The minimum Gasteiger partial charge on any atom is -0.375 e. The lowest BCUT2D eigenvalue weighted by atomic mass is 9.68. The van der Waals surface area contributed by atoms with E-state index < -0.39 is 11.9 Å². The van der Waals surface area contributed by atoms with E-state index >= 15 is 0 Å². The first-order chi connectivity index (χ1) is 14.4. The van der Waals surface area contributed by atoms with Gasteiger partial charge in [0.05, 0.1) is 17.5 Å². The molecule has 0 aromatic carbocycles. The predicted octanol–water partition coefficient (Wildman–Crippen LogP) is 4.43. The molecular formula is C22H27F3N4O. The summed E-state index contributed by atoms with van der Waals surface area (Å²) in [4.78, 5) is 12.0. The van der Waals surface area contributed by atoms with Gasteiger partial charge >= 0.3 is 6.18 Å². The zero-order valence-electron chi connectivity index (χ0n) is 16.9. The first-order valence-electron chi connectivity index (χ1n) is 10.6. The maximum atomic E-state index is 12.8. The van der Waals surface area contributed by atoms with Crippen LogP contribution in [0.4, 0.5) is 13.2 Å². The molecule has 8 heteroatoms. The van der Waals surface area contributed by atoms with Gasteiger partial charge in [-0.05, 0) is 50.8 Å². The lowest BCUT2D eigenvalue weighted by Crippen LogP contribution is -2.47. The number of hydrogen-bond donors (Lipinski definition) is 1. The SMILES string of the molecule is FC(F)(F)c1cncc(CNCCC2(c3ccccn3)CCOC3(CCCC3)C2)n1. The third kappa shape index (κ3) is 4.64. The smallest absolute Gasteiger partial charge is 0.375 e. The van der Waals surface area contributed by atoms with E-state index in [1.807, 2.05) is 18.3 Å². The van der Waals surface area contributed by atoms with Gasteiger partial charge in [0.15, 0.2) is 5.69 Å². The van der Waals surface area contributed by atoms with E-state index in [-0.39, 0.29) is 23.3 Å². The first kappa shape index (κ1) is 21.2. The minimum absolute atomic E-state index is 0.0533. The summed E-state index contributed by atoms with van der Waals surface area (Å²) < 4.78 is 44.8. The number of pyridine rings is 1. The molecule has 1 N–H and O–H groups in total. The van der Waals surface area contributed by atoms with Gasteiger partial charge in [0, 0.05) is 36.7 Å². The molecule has 1 aliphatic carbocycles. The van der Waals surface area contributed by atoms with Crippen molar-refractivity contribution in [3.63, 3.8) is 0 Å². The fourth-order valence-electron chi connectivity index (χ4n) is 4.97. The van der Waals surface area contributed by atoms with Crippen molar-refractivity contribution in [1.82, 2.24) is 20.3 Å². The van der Waals surface area contributed by atoms with Crippen molar-refractivity contribution in [2.24, 2.45) is 0 Å². The molecule has 1 saturated heterocycles. The van der Waals surface area contributed by atoms with Crippen molar-refractivity contribution in [2.75, 3.05) is 13.2 Å². The van der Waals surface area contributed by atoms with Crippen molar-refractivity contribution >= 4 is 0 Å². The topological polar surface area (TPSA) is 59.9 Å². The lowest BCUT2D eigenvalue weighted by Gasteiger charge is -2.46. The number of nitrogens with one attached hydrogen (secondary N) is 1. The van der Waals surface area contributed by atoms with Crippen LogP contribution < -0.4 is 5.32 Å². The second-order valence-corrected chi connectivity index (χ2v) is 8.48. The number of halogens is 3. The normalized spacial score (nSPS) is 23.7. The quantitative estimate of drug-likeness (QED) is 0.701. The van der Waals surface area contributed by atoms with E-state index in [1.54, 1.807) is 0 Å². The van der Waals surface area contributed by atoms with E-state index in [0.29, 0.717) is 6.54 Å². The first-order valence-corrected chi connectivity index (χ1v) is 10.6. The standard InChI is InChI=1S/C22H27F3N4O/c23-22(24,25)19-15-27-14-17(29-19)13-26-11-8-20(18-5-1-4-10-28-18)9-12-30-21(16-20)6-2-3-7-21/h1,4-5,10,14-15,26H,2-3,6-9,11-13,16H2. The third-order valence-electron chi connectivity index (χ3n) is 6.43. The van der Waals surface area contributed by atoms with E-state index in [9.17, 15) is 13.2 Å². The number of alkyl halides is 3. The zero-order valence-corrected chi connectivity index (χ0v) is 16.9. The Morgan fingerprint density at radius 2 is 1.93 bits per heavy atom. The fourth-order valence-corrected chi connectivity index (χ4v) is 4.97. The maximum absolute atomic E-state index is 12.8. The molecule has 0 radical (unpaired) electrons. The van der Waals surface area contributed by atoms with E-state index in [4.69, 9.17) is 4.74 Å². The van der Waals surface area contributed by atoms with Crippen LogP contribution in [0.3, 0.4) is 0 Å². The van der Waals surface area contributed by atoms with Crippen molar-refractivity contribution < 1.29 is 17.9 Å². The largest absolute Gasteiger partial charge is 0.434 e. The third-order valence-corrected chi connectivity index (χ3v) is 6.43. The highest BCUT2D eigenvalue weighted by atomic mass is 19.4. The van der Waals surface area contributed by atoms with Crippen molar-refractivity contribution in [1.29, 1.82) is 0 Å². The lowest BCUT2D eigenvalue weighted by molar-refractivity contribution is -0.141. The van der Waals surface area contributed by atoms with Crippen LogP contribution in [0.25, 0.3) is 0 Å². The average molecular weight is 420 g/mol. The Hall–Kier alpha value is -2.06. The molecule has 0 bridgehead atoms. The molecule has 2 aromatic rings. The molecule has 1 spiro atoms. The van der Waals surface area contributed by atoms with Crippen LogP contribution in [0.1, 0.15) is 62.0 Å². The van der Waals surface area contributed by atoms with Gasteiger partial charge in [-0.15, -0.1) is 0 Å². The van der Waals surface area contributed by atoms with Crippen molar-refractivity contribution in [3.05, 3.63) is 53.9 Å². The highest BCUT2D eigenvalue weighted by molar-refractivity contribution is 5.20. The van der Waals surface area contributed by atoms with Crippen LogP contribution in [0.2, 0.25) is 0 Å². The van der Waals surface area contributed by atoms with Gasteiger partial charge in [-0.25, -0.2) is 4.98 Å². The maximum Gasteiger partial charge on any atom is 0.434 e. The highest BCUT2D eigenvalue weighted by Crippen LogP contribution is 2.49. The molecular weight excluding hydrogens is 393 g/mol. The molecule has 5 nitrogen and oxygen atoms in total. The summed E-state index contributed by atoms with van der Waals surface area (Å²) in [7, 11) is 0. The Balaban J connectivity index is 1.43. The molecule has 2 fully saturated rings. The summed E-state index contributed by atoms with van der Waals surface area (Å²) in [6, 6.07) is 6.03. The van der Waals surface area contributed by atoms with Gasteiger partial charge in [-0.3, -0.25) is 9.97 Å². The summed E-state index contributed by atoms with van der Waals surface area (Å²) in [5, 5.41) is 3.26. The summed E-state index contributed by atoms with van der Waals surface area (Å²) in [5.74, 6) is 0. The predicted molar refractivity (Wildman–Crippen MR) is 106 cm³/mol. The molecule has 1 unspecified atom stereocenters. The van der Waals surface area contributed by atoms with Gasteiger partial charge in [0.1, 0.15) is 0 Å². The molecule has 1 saturated carbocycles. The van der Waals surface area contributed by atoms with E-state index in [0.717, 1.165) is 50.6 Å². The van der Waals surface area contributed by atoms with E-state index in [2.05, 4.69) is 26.3 Å². The Morgan fingerprint density at radius 1 is 1.10 bits per heavy atom. The number of ether oxygens (including phenoxy) is 1. The molecule has 1 atom stereocenters. The van der Waals surface area contributed by atoms with Crippen molar-refractivity contribution in [3.8, 4) is 0 Å². The molecule has 2 aromatic heterocycles. The van der Waals surface area contributed by atoms with Gasteiger partial charge in [-0.1, -0.05) is 18.9 Å². The number of aromatic nitrogens is 3. The van der Waals surface area contributed by atoms with Gasteiger partial charge < -0.3 is 10.1 Å². The average Bonchev–Trinajstić information content (AvgIpc) is 3.19. The second kappa shape index (κ2) is 8.59. The van der Waals surface area contributed by atoms with Crippen LogP contribution in [0.15, 0.2) is 36.8 Å². The van der Waals surface area contributed by atoms with Crippen LogP contribution in [-0.2, 0) is 22.9 Å². The van der Waals surface area contributed by atoms with Crippen LogP contribution in [0, 0.1) is 0 Å². The van der Waals surface area contributed by atoms with Gasteiger partial charge in [0.25, 0.3) is 0 Å². The monoisotopic (exact) mass is 420 g/mol. The second-order valence-electron chi connectivity index (χ2n) is 8.48. The van der Waals surface area contributed by atoms with Gasteiger partial charge in [-0.2, -0.15) is 13.2 Å². The summed E-state index contributed by atoms with van der Waals surface area (Å²) in [6.45, 7) is 1.62. The molecule has 4 rings (SSSR count). The number of rotatable bonds is 6. The zero-order chi connectivity index (χ0) is 21.1. The number of hydrogen-bond acceptors (Lipinski definition) is 5. The molecule has 30 heavy (non-hydrogen) atoms. The van der Waals surface area contributed by atoms with Crippen LogP contribution >= 0.6 is 0 Å². The van der Waals surface area contributed by atoms with E-state index in [1.165, 1.54) is 19.0 Å². The molecule has 2 aliphatic rings. The number of nitrogens with zero attached hydrogens (tertiary/aromatic N) is 3. The fraction of sp³-hybridized carbons (Fsp3) is 0.591. The van der Waals surface area contributed by atoms with Gasteiger partial charge in [0.2, 0.25) is 0 Å². The summed E-state index contributed by atoms with van der Waals surface area (Å²) in [6.07, 6.45) is 6.75. The minimum atomic E-state index is -4.48.